The summed E-state index contributed by atoms with van der Waals surface area (Å²) in [5.74, 6) is 0.990. The van der Waals surface area contributed by atoms with E-state index in [1.165, 1.54) is 25.3 Å². The SMILES string of the molecule is CCCOc1c(Br)cc(/C=C(\C#N)S(=O)(=O)c2ccccc2)cc1OC. The van der Waals surface area contributed by atoms with Crippen LogP contribution in [0.3, 0.4) is 0 Å². The number of nitrogens with zero attached hydrogens (tertiary/aromatic N) is 1. The van der Waals surface area contributed by atoms with E-state index >= 15 is 0 Å². The summed E-state index contributed by atoms with van der Waals surface area (Å²) in [6, 6.07) is 13.0. The van der Waals surface area contributed by atoms with E-state index in [1.54, 1.807) is 36.4 Å². The largest absolute Gasteiger partial charge is 0.493 e. The van der Waals surface area contributed by atoms with Crippen LogP contribution in [0, 0.1) is 11.3 Å². The zero-order valence-electron chi connectivity index (χ0n) is 14.4. The zero-order valence-corrected chi connectivity index (χ0v) is 16.8. The van der Waals surface area contributed by atoms with Gasteiger partial charge in [-0.1, -0.05) is 25.1 Å². The standard InChI is InChI=1S/C19H18BrNO4S/c1-3-9-25-19-17(20)11-14(12-18(19)24-2)10-16(13-21)26(22,23)15-7-5-4-6-8-15/h4-8,10-12H,3,9H2,1-2H3/b16-10+. The highest BCUT2D eigenvalue weighted by molar-refractivity contribution is 9.10. The van der Waals surface area contributed by atoms with E-state index in [2.05, 4.69) is 15.9 Å². The van der Waals surface area contributed by atoms with Crippen LogP contribution >= 0.6 is 15.9 Å². The summed E-state index contributed by atoms with van der Waals surface area (Å²) < 4.78 is 36.9. The molecular formula is C19H18BrNO4S. The molecule has 0 amide bonds. The molecule has 0 aliphatic heterocycles. The lowest BCUT2D eigenvalue weighted by molar-refractivity contribution is 0.292. The van der Waals surface area contributed by atoms with Crippen LogP contribution in [0.4, 0.5) is 0 Å². The first kappa shape index (κ1) is 20.0. The molecule has 7 heteroatoms. The van der Waals surface area contributed by atoms with Crippen LogP contribution < -0.4 is 9.47 Å². The van der Waals surface area contributed by atoms with Crippen LogP contribution in [0.5, 0.6) is 11.5 Å². The highest BCUT2D eigenvalue weighted by Gasteiger charge is 2.21. The number of nitriles is 1. The van der Waals surface area contributed by atoms with Crippen molar-refractivity contribution in [2.75, 3.05) is 13.7 Å². The smallest absolute Gasteiger partial charge is 0.216 e. The minimum atomic E-state index is -3.89. The summed E-state index contributed by atoms with van der Waals surface area (Å²) in [6.45, 7) is 2.51. The maximum absolute atomic E-state index is 12.7. The molecule has 0 N–H and O–H groups in total. The highest BCUT2D eigenvalue weighted by atomic mass is 79.9. The molecule has 136 valence electrons. The first-order valence-corrected chi connectivity index (χ1v) is 10.1. The van der Waals surface area contributed by atoms with Crippen molar-refractivity contribution in [1.82, 2.24) is 0 Å². The zero-order chi connectivity index (χ0) is 19.2. The molecular weight excluding hydrogens is 418 g/mol. The highest BCUT2D eigenvalue weighted by Crippen LogP contribution is 2.37. The van der Waals surface area contributed by atoms with Crippen molar-refractivity contribution in [3.05, 3.63) is 57.4 Å². The maximum Gasteiger partial charge on any atom is 0.216 e. The van der Waals surface area contributed by atoms with Gasteiger partial charge in [0.25, 0.3) is 0 Å². The number of hydrogen-bond acceptors (Lipinski definition) is 5. The number of sulfone groups is 1. The molecule has 2 aromatic carbocycles. The fourth-order valence-electron chi connectivity index (χ4n) is 2.22. The lowest BCUT2D eigenvalue weighted by Gasteiger charge is -2.13. The van der Waals surface area contributed by atoms with E-state index in [4.69, 9.17) is 9.47 Å². The summed E-state index contributed by atoms with van der Waals surface area (Å²) in [4.78, 5) is -0.276. The Morgan fingerprint density at radius 1 is 1.27 bits per heavy atom. The number of benzene rings is 2. The van der Waals surface area contributed by atoms with Crippen molar-refractivity contribution in [3.63, 3.8) is 0 Å². The molecule has 0 fully saturated rings. The molecule has 0 bridgehead atoms. The molecule has 5 nitrogen and oxygen atoms in total. The van der Waals surface area contributed by atoms with Crippen molar-refractivity contribution >= 4 is 31.8 Å². The Morgan fingerprint density at radius 2 is 1.96 bits per heavy atom. The Morgan fingerprint density at radius 3 is 2.54 bits per heavy atom. The fourth-order valence-corrected chi connectivity index (χ4v) is 3.97. The van der Waals surface area contributed by atoms with Gasteiger partial charge in [0, 0.05) is 0 Å². The number of hydrogen-bond donors (Lipinski definition) is 0. The third kappa shape index (κ3) is 4.45. The second-order valence-corrected chi connectivity index (χ2v) is 8.09. The first-order chi connectivity index (χ1) is 12.4. The average molecular weight is 436 g/mol. The van der Waals surface area contributed by atoms with Crippen LogP contribution in [-0.2, 0) is 9.84 Å². The molecule has 0 aliphatic rings. The van der Waals surface area contributed by atoms with Gasteiger partial charge < -0.3 is 9.47 Å². The summed E-state index contributed by atoms with van der Waals surface area (Å²) in [5.41, 5.74) is 0.508. The second-order valence-electron chi connectivity index (χ2n) is 5.32. The summed E-state index contributed by atoms with van der Waals surface area (Å²) >= 11 is 3.41. The van der Waals surface area contributed by atoms with Gasteiger partial charge in [-0.15, -0.1) is 0 Å². The molecule has 0 spiro atoms. The van der Waals surface area contributed by atoms with Crippen LogP contribution in [0.15, 0.2) is 56.7 Å². The summed E-state index contributed by atoms with van der Waals surface area (Å²) in [6.07, 6.45) is 2.16. The fraction of sp³-hybridized carbons (Fsp3) is 0.211. The van der Waals surface area contributed by atoms with E-state index in [-0.39, 0.29) is 9.80 Å². The van der Waals surface area contributed by atoms with Gasteiger partial charge in [0.2, 0.25) is 9.84 Å². The number of methoxy groups -OCH3 is 1. The molecule has 0 saturated carbocycles. The van der Waals surface area contributed by atoms with E-state index in [0.717, 1.165) is 6.42 Å². The average Bonchev–Trinajstić information content (AvgIpc) is 2.65. The van der Waals surface area contributed by atoms with Gasteiger partial charge in [0.1, 0.15) is 11.0 Å². The molecule has 0 radical (unpaired) electrons. The quantitative estimate of drug-likeness (QED) is 0.594. The van der Waals surface area contributed by atoms with E-state index in [1.807, 2.05) is 6.92 Å². The van der Waals surface area contributed by atoms with Crippen molar-refractivity contribution in [2.24, 2.45) is 0 Å². The molecule has 0 aromatic heterocycles. The van der Waals surface area contributed by atoms with Crippen molar-refractivity contribution in [3.8, 4) is 17.6 Å². The summed E-state index contributed by atoms with van der Waals surface area (Å²) in [7, 11) is -2.39. The van der Waals surface area contributed by atoms with E-state index in [0.29, 0.717) is 28.1 Å². The topological polar surface area (TPSA) is 76.4 Å². The normalized spacial score (nSPS) is 11.7. The molecule has 0 aliphatic carbocycles. The third-order valence-electron chi connectivity index (χ3n) is 3.45. The van der Waals surface area contributed by atoms with Gasteiger partial charge in [-0.2, -0.15) is 5.26 Å². The first-order valence-electron chi connectivity index (χ1n) is 7.86. The second kappa shape index (κ2) is 8.88. The van der Waals surface area contributed by atoms with E-state index in [9.17, 15) is 13.7 Å². The lowest BCUT2D eigenvalue weighted by atomic mass is 10.2. The minimum absolute atomic E-state index is 0.0710. The molecule has 26 heavy (non-hydrogen) atoms. The molecule has 2 rings (SSSR count). The molecule has 0 unspecified atom stereocenters. The van der Waals surface area contributed by atoms with Crippen molar-refractivity contribution in [2.45, 2.75) is 18.2 Å². The Hall–Kier alpha value is -2.30. The third-order valence-corrected chi connectivity index (χ3v) is 5.72. The Balaban J connectivity index is 2.50. The van der Waals surface area contributed by atoms with Gasteiger partial charge in [-0.05, 0) is 58.3 Å². The van der Waals surface area contributed by atoms with Crippen molar-refractivity contribution in [1.29, 1.82) is 5.26 Å². The predicted molar refractivity (Wildman–Crippen MR) is 104 cm³/mol. The summed E-state index contributed by atoms with van der Waals surface area (Å²) in [5, 5.41) is 9.39. The molecule has 0 saturated heterocycles. The van der Waals surface area contributed by atoms with Gasteiger partial charge >= 0.3 is 0 Å². The molecule has 0 atom stereocenters. The number of halogens is 1. The lowest BCUT2D eigenvalue weighted by Crippen LogP contribution is -2.03. The Bertz CT molecular complexity index is 947. The minimum Gasteiger partial charge on any atom is -0.493 e. The maximum atomic E-state index is 12.7. The van der Waals surface area contributed by atoms with Crippen LogP contribution in [0.2, 0.25) is 0 Å². The molecule has 0 heterocycles. The predicted octanol–water partition coefficient (Wildman–Crippen LogP) is 4.58. The number of ether oxygens (including phenoxy) is 2. The Labute approximate surface area is 161 Å². The monoisotopic (exact) mass is 435 g/mol. The van der Waals surface area contributed by atoms with Crippen LogP contribution in [0.25, 0.3) is 6.08 Å². The van der Waals surface area contributed by atoms with Gasteiger partial charge in [-0.3, -0.25) is 0 Å². The van der Waals surface area contributed by atoms with Crippen LogP contribution in [0.1, 0.15) is 18.9 Å². The van der Waals surface area contributed by atoms with E-state index < -0.39 is 9.84 Å². The van der Waals surface area contributed by atoms with Crippen molar-refractivity contribution < 1.29 is 17.9 Å². The van der Waals surface area contributed by atoms with Crippen LogP contribution in [-0.4, -0.2) is 22.1 Å². The van der Waals surface area contributed by atoms with Gasteiger partial charge in [-0.25, -0.2) is 8.42 Å². The Kier molecular flexibility index (Phi) is 6.83. The molecule has 2 aromatic rings. The van der Waals surface area contributed by atoms with Gasteiger partial charge in [0.05, 0.1) is 23.1 Å². The number of allylic oxidation sites excluding steroid dienone is 1. The number of rotatable bonds is 7. The van der Waals surface area contributed by atoms with Gasteiger partial charge in [0.15, 0.2) is 11.5 Å².